The maximum atomic E-state index is 12.0. The molecule has 120 valence electrons. The highest BCUT2D eigenvalue weighted by Gasteiger charge is 2.16. The maximum Gasteiger partial charge on any atom is 0.279 e. The fourth-order valence-electron chi connectivity index (χ4n) is 1.80. The minimum Gasteiger partial charge on any atom is -0.481 e. The quantitative estimate of drug-likeness (QED) is 0.806. The highest BCUT2D eigenvalue weighted by atomic mass is 79.9. The first-order valence-electron chi connectivity index (χ1n) is 7.05. The number of hydrazine groups is 1. The average molecular weight is 377 g/mol. The van der Waals surface area contributed by atoms with Crippen LogP contribution in [0.1, 0.15) is 22.8 Å². The number of benzene rings is 2. The van der Waals surface area contributed by atoms with Crippen LogP contribution < -0.4 is 15.6 Å². The van der Waals surface area contributed by atoms with E-state index in [0.29, 0.717) is 11.3 Å². The lowest BCUT2D eigenvalue weighted by Crippen LogP contribution is -2.47. The van der Waals surface area contributed by atoms with Crippen molar-refractivity contribution in [1.29, 1.82) is 0 Å². The van der Waals surface area contributed by atoms with E-state index in [4.69, 9.17) is 4.74 Å². The lowest BCUT2D eigenvalue weighted by molar-refractivity contribution is -0.128. The van der Waals surface area contributed by atoms with E-state index in [9.17, 15) is 9.59 Å². The second-order valence-corrected chi connectivity index (χ2v) is 5.94. The molecule has 2 aromatic carbocycles. The zero-order valence-electron chi connectivity index (χ0n) is 12.8. The minimum absolute atomic E-state index is 0.381. The van der Waals surface area contributed by atoms with Gasteiger partial charge in [0.25, 0.3) is 11.8 Å². The standard InChI is InChI=1S/C17H17BrN2O3/c1-11-6-8-13(9-7-11)17(22)20-19-16(21)12(2)23-15-5-3-4-14(18)10-15/h3-10,12H,1-2H3,(H,19,21)(H,20,22)/t12-/m0/s1. The molecule has 0 unspecified atom stereocenters. The monoisotopic (exact) mass is 376 g/mol. The number of hydrogen-bond acceptors (Lipinski definition) is 3. The Labute approximate surface area is 143 Å². The van der Waals surface area contributed by atoms with E-state index >= 15 is 0 Å². The number of rotatable bonds is 4. The van der Waals surface area contributed by atoms with Gasteiger partial charge in [-0.15, -0.1) is 0 Å². The molecule has 5 nitrogen and oxygen atoms in total. The summed E-state index contributed by atoms with van der Waals surface area (Å²) in [6.45, 7) is 3.54. The van der Waals surface area contributed by atoms with Crippen molar-refractivity contribution in [3.05, 3.63) is 64.1 Å². The SMILES string of the molecule is Cc1ccc(C(=O)NNC(=O)[C@H](C)Oc2cccc(Br)c2)cc1. The Kier molecular flexibility index (Phi) is 5.76. The van der Waals surface area contributed by atoms with Crippen LogP contribution in [0.4, 0.5) is 0 Å². The van der Waals surface area contributed by atoms with Crippen LogP contribution in [0.25, 0.3) is 0 Å². The highest BCUT2D eigenvalue weighted by Crippen LogP contribution is 2.18. The number of nitrogens with one attached hydrogen (secondary N) is 2. The maximum absolute atomic E-state index is 12.0. The Hall–Kier alpha value is -2.34. The third-order valence-corrected chi connectivity index (χ3v) is 3.58. The van der Waals surface area contributed by atoms with Crippen molar-refractivity contribution < 1.29 is 14.3 Å². The van der Waals surface area contributed by atoms with E-state index in [-0.39, 0.29) is 5.91 Å². The number of amides is 2. The predicted octanol–water partition coefficient (Wildman–Crippen LogP) is 2.99. The van der Waals surface area contributed by atoms with Crippen LogP contribution in [0.2, 0.25) is 0 Å². The summed E-state index contributed by atoms with van der Waals surface area (Å²) in [5.41, 5.74) is 6.25. The van der Waals surface area contributed by atoms with Crippen LogP contribution in [0.15, 0.2) is 53.0 Å². The van der Waals surface area contributed by atoms with E-state index < -0.39 is 12.0 Å². The normalized spacial score (nSPS) is 11.4. The van der Waals surface area contributed by atoms with Crippen LogP contribution in [0, 0.1) is 6.92 Å². The molecular weight excluding hydrogens is 360 g/mol. The third-order valence-electron chi connectivity index (χ3n) is 3.09. The number of carbonyl (C=O) groups is 2. The Balaban J connectivity index is 1.86. The summed E-state index contributed by atoms with van der Waals surface area (Å²) in [4.78, 5) is 23.9. The highest BCUT2D eigenvalue weighted by molar-refractivity contribution is 9.10. The topological polar surface area (TPSA) is 67.4 Å². The van der Waals surface area contributed by atoms with Gasteiger partial charge in [0.15, 0.2) is 6.10 Å². The van der Waals surface area contributed by atoms with Crippen molar-refractivity contribution in [2.75, 3.05) is 0 Å². The van der Waals surface area contributed by atoms with Gasteiger partial charge in [0, 0.05) is 10.0 Å². The number of aryl methyl sites for hydroxylation is 1. The van der Waals surface area contributed by atoms with Crippen molar-refractivity contribution >= 4 is 27.7 Å². The zero-order valence-corrected chi connectivity index (χ0v) is 14.4. The summed E-state index contributed by atoms with van der Waals surface area (Å²) >= 11 is 3.33. The first kappa shape index (κ1) is 17.0. The Morgan fingerprint density at radius 1 is 1.09 bits per heavy atom. The first-order chi connectivity index (χ1) is 11.0. The van der Waals surface area contributed by atoms with Crippen molar-refractivity contribution in [3.63, 3.8) is 0 Å². The molecule has 0 saturated carbocycles. The zero-order chi connectivity index (χ0) is 16.8. The number of hydrogen-bond donors (Lipinski definition) is 2. The molecule has 0 aliphatic carbocycles. The molecule has 23 heavy (non-hydrogen) atoms. The molecule has 0 aliphatic rings. The second kappa shape index (κ2) is 7.78. The molecule has 0 heterocycles. The van der Waals surface area contributed by atoms with Crippen LogP contribution in [0.3, 0.4) is 0 Å². The Morgan fingerprint density at radius 3 is 2.43 bits per heavy atom. The molecule has 0 spiro atoms. The first-order valence-corrected chi connectivity index (χ1v) is 7.84. The fraction of sp³-hybridized carbons (Fsp3) is 0.176. The van der Waals surface area contributed by atoms with Crippen LogP contribution >= 0.6 is 15.9 Å². The summed E-state index contributed by atoms with van der Waals surface area (Å²) in [5, 5.41) is 0. The molecule has 0 radical (unpaired) electrons. The van der Waals surface area contributed by atoms with E-state index in [0.717, 1.165) is 10.0 Å². The lowest BCUT2D eigenvalue weighted by Gasteiger charge is -2.15. The van der Waals surface area contributed by atoms with Crippen LogP contribution in [-0.4, -0.2) is 17.9 Å². The van der Waals surface area contributed by atoms with Gasteiger partial charge in [-0.25, -0.2) is 0 Å². The van der Waals surface area contributed by atoms with E-state index in [1.807, 2.05) is 31.2 Å². The van der Waals surface area contributed by atoms with Gasteiger partial charge in [0.1, 0.15) is 5.75 Å². The van der Waals surface area contributed by atoms with E-state index in [2.05, 4.69) is 26.8 Å². The Morgan fingerprint density at radius 2 is 1.78 bits per heavy atom. The predicted molar refractivity (Wildman–Crippen MR) is 91.0 cm³/mol. The van der Waals surface area contributed by atoms with Crippen molar-refractivity contribution in [2.24, 2.45) is 0 Å². The van der Waals surface area contributed by atoms with Gasteiger partial charge in [-0.2, -0.15) is 0 Å². The van der Waals surface area contributed by atoms with Crippen molar-refractivity contribution in [2.45, 2.75) is 20.0 Å². The molecule has 1 atom stereocenters. The molecule has 0 bridgehead atoms. The number of ether oxygens (including phenoxy) is 1. The molecule has 2 aromatic rings. The largest absolute Gasteiger partial charge is 0.481 e. The molecule has 0 aliphatic heterocycles. The van der Waals surface area contributed by atoms with Crippen LogP contribution in [-0.2, 0) is 4.79 Å². The van der Waals surface area contributed by atoms with E-state index in [1.54, 1.807) is 31.2 Å². The van der Waals surface area contributed by atoms with Crippen molar-refractivity contribution in [3.8, 4) is 5.75 Å². The second-order valence-electron chi connectivity index (χ2n) is 5.03. The summed E-state index contributed by atoms with van der Waals surface area (Å²) in [5.74, 6) is -0.259. The van der Waals surface area contributed by atoms with Gasteiger partial charge in [-0.05, 0) is 44.2 Å². The van der Waals surface area contributed by atoms with Gasteiger partial charge in [-0.1, -0.05) is 39.7 Å². The number of halogens is 1. The molecule has 0 saturated heterocycles. The van der Waals surface area contributed by atoms with Crippen molar-refractivity contribution in [1.82, 2.24) is 10.9 Å². The molecular formula is C17H17BrN2O3. The van der Waals surface area contributed by atoms with Gasteiger partial charge in [0.2, 0.25) is 0 Å². The molecule has 2 amide bonds. The Bertz CT molecular complexity index is 701. The van der Waals surface area contributed by atoms with Crippen LogP contribution in [0.5, 0.6) is 5.75 Å². The summed E-state index contributed by atoms with van der Waals surface area (Å²) in [7, 11) is 0. The fourth-order valence-corrected chi connectivity index (χ4v) is 2.17. The lowest BCUT2D eigenvalue weighted by atomic mass is 10.1. The van der Waals surface area contributed by atoms with Gasteiger partial charge < -0.3 is 4.74 Å². The minimum atomic E-state index is -0.748. The smallest absolute Gasteiger partial charge is 0.279 e. The molecule has 6 heteroatoms. The molecule has 0 aromatic heterocycles. The summed E-state index contributed by atoms with van der Waals surface area (Å²) < 4.78 is 6.37. The molecule has 0 fully saturated rings. The van der Waals surface area contributed by atoms with Gasteiger partial charge >= 0.3 is 0 Å². The third kappa shape index (κ3) is 5.10. The van der Waals surface area contributed by atoms with E-state index in [1.165, 1.54) is 0 Å². The summed E-state index contributed by atoms with van der Waals surface area (Å²) in [6, 6.07) is 14.2. The average Bonchev–Trinajstić information content (AvgIpc) is 2.53. The molecule has 2 rings (SSSR count). The molecule has 2 N–H and O–H groups in total. The number of carbonyl (C=O) groups excluding carboxylic acids is 2. The summed E-state index contributed by atoms with van der Waals surface area (Å²) in [6.07, 6.45) is -0.748. The van der Waals surface area contributed by atoms with Gasteiger partial charge in [-0.3, -0.25) is 20.4 Å². The van der Waals surface area contributed by atoms with Gasteiger partial charge in [0.05, 0.1) is 0 Å².